The molecular weight excluding hydrogens is 396 g/mol. The van der Waals surface area contributed by atoms with E-state index in [9.17, 15) is 34.8 Å². The number of aliphatic hydroxyl groups excluding tert-OH is 5. The molecule has 0 aromatic carbocycles. The van der Waals surface area contributed by atoms with Crippen molar-refractivity contribution in [2.45, 2.75) is 83.8 Å². The smallest absolute Gasteiger partial charge is 0.223 e. The van der Waals surface area contributed by atoms with Gasteiger partial charge >= 0.3 is 0 Å². The fourth-order valence-corrected chi connectivity index (χ4v) is 2.84. The lowest BCUT2D eigenvalue weighted by atomic mass is 9.92. The van der Waals surface area contributed by atoms with E-state index in [1.54, 1.807) is 13.8 Å². The van der Waals surface area contributed by atoms with E-state index in [-0.39, 0.29) is 42.9 Å². The summed E-state index contributed by atoms with van der Waals surface area (Å²) < 4.78 is 0. The number of rotatable bonds is 15. The molecule has 0 saturated heterocycles. The third-order valence-electron chi connectivity index (χ3n) is 4.47. The van der Waals surface area contributed by atoms with Crippen LogP contribution < -0.4 is 10.6 Å². The molecule has 2 amide bonds. The van der Waals surface area contributed by atoms with Crippen molar-refractivity contribution in [1.82, 2.24) is 10.6 Å². The van der Waals surface area contributed by atoms with Crippen LogP contribution in [-0.4, -0.2) is 86.7 Å². The number of carbonyl (C=O) groups excluding carboxylic acids is 3. The summed E-state index contributed by atoms with van der Waals surface area (Å²) in [6, 6.07) is -0.105. The fourth-order valence-electron chi connectivity index (χ4n) is 2.84. The molecule has 10 heteroatoms. The van der Waals surface area contributed by atoms with E-state index in [4.69, 9.17) is 5.11 Å². The first-order chi connectivity index (χ1) is 13.9. The monoisotopic (exact) mass is 434 g/mol. The van der Waals surface area contributed by atoms with Crippen molar-refractivity contribution in [2.75, 3.05) is 13.2 Å². The average Bonchev–Trinajstić information content (AvgIpc) is 2.65. The van der Waals surface area contributed by atoms with Crippen LogP contribution in [0.25, 0.3) is 0 Å². The molecule has 0 aliphatic carbocycles. The number of ketones is 1. The summed E-state index contributed by atoms with van der Waals surface area (Å²) in [5.41, 5.74) is 0. The zero-order valence-electron chi connectivity index (χ0n) is 18.2. The van der Waals surface area contributed by atoms with Gasteiger partial charge in [0.15, 0.2) is 0 Å². The minimum atomic E-state index is -1.78. The van der Waals surface area contributed by atoms with Crippen molar-refractivity contribution in [2.24, 2.45) is 11.8 Å². The second-order valence-corrected chi connectivity index (χ2v) is 8.34. The van der Waals surface area contributed by atoms with Gasteiger partial charge in [-0.2, -0.15) is 0 Å². The summed E-state index contributed by atoms with van der Waals surface area (Å²) in [5, 5.41) is 52.3. The van der Waals surface area contributed by atoms with Gasteiger partial charge in [-0.1, -0.05) is 13.8 Å². The van der Waals surface area contributed by atoms with E-state index < -0.39 is 49.4 Å². The van der Waals surface area contributed by atoms with Gasteiger partial charge < -0.3 is 36.2 Å². The predicted octanol–water partition coefficient (Wildman–Crippen LogP) is -1.54. The Hall–Kier alpha value is -1.59. The molecular formula is C20H38N2O8. The van der Waals surface area contributed by atoms with Crippen molar-refractivity contribution < 1.29 is 39.9 Å². The summed E-state index contributed by atoms with van der Waals surface area (Å²) in [4.78, 5) is 36.6. The maximum Gasteiger partial charge on any atom is 0.223 e. The van der Waals surface area contributed by atoms with E-state index in [1.807, 2.05) is 13.8 Å². The Morgan fingerprint density at radius 2 is 1.43 bits per heavy atom. The van der Waals surface area contributed by atoms with Crippen LogP contribution >= 0.6 is 0 Å². The largest absolute Gasteiger partial charge is 0.394 e. The average molecular weight is 435 g/mol. The highest BCUT2D eigenvalue weighted by Gasteiger charge is 2.30. The molecule has 0 radical (unpaired) electrons. The van der Waals surface area contributed by atoms with Gasteiger partial charge in [-0.3, -0.25) is 14.4 Å². The zero-order valence-corrected chi connectivity index (χ0v) is 18.2. The molecule has 5 atom stereocenters. The Morgan fingerprint density at radius 3 is 1.93 bits per heavy atom. The molecule has 0 fully saturated rings. The van der Waals surface area contributed by atoms with Gasteiger partial charge in [-0.05, 0) is 26.2 Å². The summed E-state index contributed by atoms with van der Waals surface area (Å²) in [6.45, 7) is 6.21. The van der Waals surface area contributed by atoms with Crippen LogP contribution in [0.5, 0.6) is 0 Å². The predicted molar refractivity (Wildman–Crippen MR) is 109 cm³/mol. The Kier molecular flexibility index (Phi) is 13.7. The number of hydrogen-bond donors (Lipinski definition) is 7. The van der Waals surface area contributed by atoms with E-state index in [1.165, 1.54) is 0 Å². The third-order valence-corrected chi connectivity index (χ3v) is 4.47. The molecule has 0 aromatic heterocycles. The highest BCUT2D eigenvalue weighted by atomic mass is 16.4. The quantitative estimate of drug-likeness (QED) is 0.162. The van der Waals surface area contributed by atoms with Gasteiger partial charge in [0.25, 0.3) is 0 Å². The molecule has 0 heterocycles. The van der Waals surface area contributed by atoms with Crippen molar-refractivity contribution in [1.29, 1.82) is 0 Å². The molecule has 0 aliphatic rings. The van der Waals surface area contributed by atoms with Crippen LogP contribution in [0, 0.1) is 11.8 Å². The number of hydrogen-bond acceptors (Lipinski definition) is 8. The van der Waals surface area contributed by atoms with E-state index >= 15 is 0 Å². The molecule has 0 aromatic rings. The van der Waals surface area contributed by atoms with Gasteiger partial charge in [-0.25, -0.2) is 0 Å². The molecule has 0 aliphatic heterocycles. The first-order valence-electron chi connectivity index (χ1n) is 10.3. The van der Waals surface area contributed by atoms with Gasteiger partial charge in [-0.15, -0.1) is 0 Å². The SMILES string of the molecule is CC(C)CC(=O)CC(CCC(=O)NCC(O)C(O)C(O)C(O)CO)C(=O)NC(C)C. The molecule has 10 nitrogen and oxygen atoms in total. The van der Waals surface area contributed by atoms with Crippen LogP contribution in [0.3, 0.4) is 0 Å². The molecule has 0 bridgehead atoms. The van der Waals surface area contributed by atoms with E-state index in [0.717, 1.165) is 0 Å². The van der Waals surface area contributed by atoms with E-state index in [0.29, 0.717) is 6.42 Å². The second kappa shape index (κ2) is 14.4. The van der Waals surface area contributed by atoms with Gasteiger partial charge in [0, 0.05) is 37.8 Å². The van der Waals surface area contributed by atoms with E-state index in [2.05, 4.69) is 10.6 Å². The lowest BCUT2D eigenvalue weighted by molar-refractivity contribution is -0.131. The molecule has 7 N–H and O–H groups in total. The molecule has 0 rings (SSSR count). The summed E-state index contributed by atoms with van der Waals surface area (Å²) in [7, 11) is 0. The first kappa shape index (κ1) is 28.4. The van der Waals surface area contributed by atoms with Gasteiger partial charge in [0.05, 0.1) is 12.7 Å². The number of Topliss-reactive ketones (excluding diaryl/α,β-unsaturated/α-hetero) is 1. The highest BCUT2D eigenvalue weighted by Crippen LogP contribution is 2.16. The summed E-state index contributed by atoms with van der Waals surface area (Å²) in [6.07, 6.45) is -6.30. The van der Waals surface area contributed by atoms with Crippen LogP contribution in [0.1, 0.15) is 53.4 Å². The first-order valence-corrected chi connectivity index (χ1v) is 10.3. The fraction of sp³-hybridized carbons (Fsp3) is 0.850. The second-order valence-electron chi connectivity index (χ2n) is 8.34. The molecule has 30 heavy (non-hydrogen) atoms. The number of carbonyl (C=O) groups is 3. The van der Waals surface area contributed by atoms with Crippen LogP contribution in [0.15, 0.2) is 0 Å². The zero-order chi connectivity index (χ0) is 23.4. The van der Waals surface area contributed by atoms with Crippen LogP contribution in [0.2, 0.25) is 0 Å². The Labute approximate surface area is 177 Å². The Balaban J connectivity index is 4.68. The maximum absolute atomic E-state index is 12.4. The lowest BCUT2D eigenvalue weighted by Crippen LogP contribution is -2.49. The summed E-state index contributed by atoms with van der Waals surface area (Å²) >= 11 is 0. The van der Waals surface area contributed by atoms with Crippen molar-refractivity contribution in [3.05, 3.63) is 0 Å². The normalized spacial score (nSPS) is 16.6. The molecule has 5 unspecified atom stereocenters. The molecule has 0 saturated carbocycles. The minimum absolute atomic E-state index is 0.0383. The maximum atomic E-state index is 12.4. The van der Waals surface area contributed by atoms with Gasteiger partial charge in [0.2, 0.25) is 11.8 Å². The summed E-state index contributed by atoms with van der Waals surface area (Å²) in [5.74, 6) is -1.34. The van der Waals surface area contributed by atoms with Crippen LogP contribution in [0.4, 0.5) is 0 Å². The molecule has 0 spiro atoms. The number of amides is 2. The standard InChI is InChI=1S/C20H38N2O8/c1-11(2)7-14(24)8-13(20(30)22-12(3)4)5-6-17(27)21-9-15(25)18(28)19(29)16(26)10-23/h11-13,15-16,18-19,23,25-26,28-29H,5-10H2,1-4H3,(H,21,27)(H,22,30). The molecule has 176 valence electrons. The van der Waals surface area contributed by atoms with Crippen molar-refractivity contribution in [3.63, 3.8) is 0 Å². The topological polar surface area (TPSA) is 176 Å². The number of nitrogens with one attached hydrogen (secondary N) is 2. The highest BCUT2D eigenvalue weighted by molar-refractivity contribution is 5.87. The van der Waals surface area contributed by atoms with Crippen molar-refractivity contribution in [3.8, 4) is 0 Å². The Morgan fingerprint density at radius 1 is 0.867 bits per heavy atom. The minimum Gasteiger partial charge on any atom is -0.394 e. The number of aliphatic hydroxyl groups is 5. The van der Waals surface area contributed by atoms with Crippen LogP contribution in [-0.2, 0) is 14.4 Å². The van der Waals surface area contributed by atoms with Crippen molar-refractivity contribution >= 4 is 17.6 Å². The third kappa shape index (κ3) is 11.6. The Bertz CT molecular complexity index is 541. The lowest BCUT2D eigenvalue weighted by Gasteiger charge is -2.25. The van der Waals surface area contributed by atoms with Gasteiger partial charge in [0.1, 0.15) is 24.1 Å².